The number of nitrogens with zero attached hydrogens (tertiary/aromatic N) is 3. The Kier molecular flexibility index (Phi) is 7.80. The van der Waals surface area contributed by atoms with Gasteiger partial charge in [0.1, 0.15) is 0 Å². The normalized spacial score (nSPS) is 14.4. The average molecular weight is 470 g/mol. The van der Waals surface area contributed by atoms with Crippen LogP contribution in [0.5, 0.6) is 11.5 Å². The fourth-order valence-electron chi connectivity index (χ4n) is 3.84. The number of rotatable bonds is 9. The number of aromatic nitrogens is 1. The number of benzene rings is 2. The average Bonchev–Trinajstić information content (AvgIpc) is 3.23. The summed E-state index contributed by atoms with van der Waals surface area (Å²) in [6.45, 7) is 9.02. The summed E-state index contributed by atoms with van der Waals surface area (Å²) >= 11 is 1.55. The van der Waals surface area contributed by atoms with E-state index < -0.39 is 0 Å². The number of hydrogen-bond donors (Lipinski definition) is 0. The number of morpholine rings is 1. The SMILES string of the molecule is COc1ccccc1OCC(=O)N(CCCN1CCOCC1)c1nc2cc(C)c(C)cc2s1. The lowest BCUT2D eigenvalue weighted by atomic mass is 10.1. The van der Waals surface area contributed by atoms with Crippen LogP contribution in [0.3, 0.4) is 0 Å². The van der Waals surface area contributed by atoms with E-state index in [1.807, 2.05) is 18.2 Å². The molecule has 0 saturated carbocycles. The molecule has 2 heterocycles. The molecule has 7 nitrogen and oxygen atoms in total. The number of para-hydroxylation sites is 2. The van der Waals surface area contributed by atoms with Gasteiger partial charge in [0.15, 0.2) is 23.2 Å². The van der Waals surface area contributed by atoms with Crippen molar-refractivity contribution in [3.8, 4) is 11.5 Å². The lowest BCUT2D eigenvalue weighted by Crippen LogP contribution is -2.40. The van der Waals surface area contributed by atoms with Gasteiger partial charge in [0.25, 0.3) is 5.91 Å². The summed E-state index contributed by atoms with van der Waals surface area (Å²) in [5, 5.41) is 0.714. The van der Waals surface area contributed by atoms with Crippen LogP contribution in [0.4, 0.5) is 5.13 Å². The third kappa shape index (κ3) is 5.82. The predicted molar refractivity (Wildman–Crippen MR) is 132 cm³/mol. The Morgan fingerprint density at radius 1 is 1.15 bits per heavy atom. The van der Waals surface area contributed by atoms with Gasteiger partial charge >= 0.3 is 0 Å². The molecular formula is C25H31N3O4S. The Bertz CT molecular complexity index is 1060. The molecule has 1 aliphatic heterocycles. The largest absolute Gasteiger partial charge is 0.493 e. The highest BCUT2D eigenvalue weighted by atomic mass is 32.1. The van der Waals surface area contributed by atoms with E-state index in [-0.39, 0.29) is 12.5 Å². The summed E-state index contributed by atoms with van der Waals surface area (Å²) in [4.78, 5) is 22.2. The first-order chi connectivity index (χ1) is 16.0. The molecule has 0 unspecified atom stereocenters. The van der Waals surface area contributed by atoms with Gasteiger partial charge in [0, 0.05) is 26.2 Å². The van der Waals surface area contributed by atoms with E-state index in [0.717, 1.165) is 49.5 Å². The fraction of sp³-hybridized carbons (Fsp3) is 0.440. The second-order valence-electron chi connectivity index (χ2n) is 8.19. The van der Waals surface area contributed by atoms with Crippen molar-refractivity contribution in [2.75, 3.05) is 58.0 Å². The molecule has 0 N–H and O–H groups in total. The molecule has 0 bridgehead atoms. The minimum atomic E-state index is -0.115. The molecule has 2 aromatic carbocycles. The molecule has 1 aromatic heterocycles. The van der Waals surface area contributed by atoms with Crippen LogP contribution >= 0.6 is 11.3 Å². The van der Waals surface area contributed by atoms with Gasteiger partial charge in [-0.15, -0.1) is 0 Å². The monoisotopic (exact) mass is 469 g/mol. The molecule has 1 aliphatic rings. The van der Waals surface area contributed by atoms with Gasteiger partial charge in [-0.05, 0) is 55.7 Å². The number of thiazole rings is 1. The number of carbonyl (C=O) groups is 1. The third-order valence-electron chi connectivity index (χ3n) is 5.90. The molecule has 1 saturated heterocycles. The number of methoxy groups -OCH3 is 1. The zero-order chi connectivity index (χ0) is 23.2. The van der Waals surface area contributed by atoms with Crippen molar-refractivity contribution in [1.82, 2.24) is 9.88 Å². The minimum Gasteiger partial charge on any atom is -0.493 e. The van der Waals surface area contributed by atoms with Crippen LogP contribution in [0.2, 0.25) is 0 Å². The summed E-state index contributed by atoms with van der Waals surface area (Å²) in [6, 6.07) is 11.6. The number of hydrogen-bond acceptors (Lipinski definition) is 7. The van der Waals surface area contributed by atoms with Gasteiger partial charge in [-0.1, -0.05) is 23.5 Å². The smallest absolute Gasteiger partial charge is 0.266 e. The Balaban J connectivity index is 1.50. The first kappa shape index (κ1) is 23.5. The van der Waals surface area contributed by atoms with E-state index >= 15 is 0 Å². The lowest BCUT2D eigenvalue weighted by Gasteiger charge is -2.27. The summed E-state index contributed by atoms with van der Waals surface area (Å²) in [6.07, 6.45) is 0.856. The van der Waals surface area contributed by atoms with Crippen molar-refractivity contribution in [3.63, 3.8) is 0 Å². The quantitative estimate of drug-likeness (QED) is 0.471. The molecule has 0 radical (unpaired) electrons. The highest BCUT2D eigenvalue weighted by Crippen LogP contribution is 2.31. The van der Waals surface area contributed by atoms with E-state index in [4.69, 9.17) is 19.2 Å². The van der Waals surface area contributed by atoms with Gasteiger partial charge in [0.2, 0.25) is 0 Å². The van der Waals surface area contributed by atoms with E-state index in [9.17, 15) is 4.79 Å². The van der Waals surface area contributed by atoms with Gasteiger partial charge in [-0.2, -0.15) is 0 Å². The second kappa shape index (κ2) is 11.0. The van der Waals surface area contributed by atoms with Crippen molar-refractivity contribution in [2.24, 2.45) is 0 Å². The Morgan fingerprint density at radius 2 is 1.88 bits per heavy atom. The number of fused-ring (bicyclic) bond motifs is 1. The van der Waals surface area contributed by atoms with E-state index in [1.54, 1.807) is 29.4 Å². The zero-order valence-electron chi connectivity index (χ0n) is 19.5. The molecule has 4 rings (SSSR count). The standard InChI is InChI=1S/C25H31N3O4S/c1-18-15-20-23(16-19(18)2)33-25(26-20)28(10-6-9-27-11-13-31-14-12-27)24(29)17-32-22-8-5-4-7-21(22)30-3/h4-5,7-8,15-16H,6,9-14,17H2,1-3H3. The summed E-state index contributed by atoms with van der Waals surface area (Å²) in [7, 11) is 1.59. The molecule has 33 heavy (non-hydrogen) atoms. The van der Waals surface area contributed by atoms with Gasteiger partial charge in [-0.25, -0.2) is 4.98 Å². The number of aryl methyl sites for hydroxylation is 2. The summed E-state index contributed by atoms with van der Waals surface area (Å²) < 4.78 is 17.7. The van der Waals surface area contributed by atoms with E-state index in [2.05, 4.69) is 30.9 Å². The Labute approximate surface area is 198 Å². The molecule has 0 atom stereocenters. The maximum Gasteiger partial charge on any atom is 0.266 e. The van der Waals surface area contributed by atoms with Gasteiger partial charge < -0.3 is 14.2 Å². The third-order valence-corrected chi connectivity index (χ3v) is 6.95. The number of anilines is 1. The molecular weight excluding hydrogens is 438 g/mol. The van der Waals surface area contributed by atoms with E-state index in [0.29, 0.717) is 23.2 Å². The van der Waals surface area contributed by atoms with Crippen molar-refractivity contribution in [3.05, 3.63) is 47.5 Å². The minimum absolute atomic E-state index is 0.0775. The highest BCUT2D eigenvalue weighted by molar-refractivity contribution is 7.22. The Morgan fingerprint density at radius 3 is 2.64 bits per heavy atom. The molecule has 0 aliphatic carbocycles. The van der Waals surface area contributed by atoms with Crippen LogP contribution in [-0.4, -0.2) is 68.9 Å². The van der Waals surface area contributed by atoms with Crippen LogP contribution in [0.25, 0.3) is 10.2 Å². The first-order valence-corrected chi connectivity index (χ1v) is 12.1. The maximum atomic E-state index is 13.3. The lowest BCUT2D eigenvalue weighted by molar-refractivity contribution is -0.120. The predicted octanol–water partition coefficient (Wildman–Crippen LogP) is 4.06. The summed E-state index contributed by atoms with van der Waals surface area (Å²) in [5.41, 5.74) is 3.35. The molecule has 0 spiro atoms. The maximum absolute atomic E-state index is 13.3. The van der Waals surface area contributed by atoms with Gasteiger partial charge in [-0.3, -0.25) is 14.6 Å². The van der Waals surface area contributed by atoms with E-state index in [1.165, 1.54) is 11.1 Å². The van der Waals surface area contributed by atoms with Crippen LogP contribution in [0.15, 0.2) is 36.4 Å². The first-order valence-electron chi connectivity index (χ1n) is 11.3. The highest BCUT2D eigenvalue weighted by Gasteiger charge is 2.22. The zero-order valence-corrected chi connectivity index (χ0v) is 20.3. The topological polar surface area (TPSA) is 64.1 Å². The fourth-order valence-corrected chi connectivity index (χ4v) is 4.93. The van der Waals surface area contributed by atoms with Crippen molar-refractivity contribution in [1.29, 1.82) is 0 Å². The van der Waals surface area contributed by atoms with Crippen molar-refractivity contribution in [2.45, 2.75) is 20.3 Å². The number of ether oxygens (including phenoxy) is 3. The number of amides is 1. The molecule has 8 heteroatoms. The van der Waals surface area contributed by atoms with Crippen LogP contribution < -0.4 is 14.4 Å². The molecule has 3 aromatic rings. The number of carbonyl (C=O) groups excluding carboxylic acids is 1. The van der Waals surface area contributed by atoms with Crippen LogP contribution in [0, 0.1) is 13.8 Å². The van der Waals surface area contributed by atoms with Crippen LogP contribution in [0.1, 0.15) is 17.5 Å². The van der Waals surface area contributed by atoms with Crippen molar-refractivity contribution >= 4 is 32.6 Å². The Hall–Kier alpha value is -2.68. The summed E-state index contributed by atoms with van der Waals surface area (Å²) in [5.74, 6) is 1.04. The van der Waals surface area contributed by atoms with Crippen LogP contribution in [-0.2, 0) is 9.53 Å². The molecule has 176 valence electrons. The second-order valence-corrected chi connectivity index (χ2v) is 9.20. The van der Waals surface area contributed by atoms with Gasteiger partial charge in [0.05, 0.1) is 30.5 Å². The molecule has 1 fully saturated rings. The van der Waals surface area contributed by atoms with Crippen molar-refractivity contribution < 1.29 is 19.0 Å². The molecule has 1 amide bonds.